The predicted octanol–water partition coefficient (Wildman–Crippen LogP) is 3.96. The Bertz CT molecular complexity index is 600. The van der Waals surface area contributed by atoms with E-state index < -0.39 is 7.15 Å². The quantitative estimate of drug-likeness (QED) is 0.631. The van der Waals surface area contributed by atoms with Gasteiger partial charge < -0.3 is 26.2 Å². The van der Waals surface area contributed by atoms with Gasteiger partial charge in [-0.3, -0.25) is 0 Å². The fourth-order valence-corrected chi connectivity index (χ4v) is 3.27. The average Bonchev–Trinajstić information content (AvgIpc) is 2.37. The van der Waals surface area contributed by atoms with E-state index in [-0.39, 0.29) is 0 Å². The van der Waals surface area contributed by atoms with Gasteiger partial charge in [-0.2, -0.15) is 0 Å². The zero-order chi connectivity index (χ0) is 15.6. The lowest BCUT2D eigenvalue weighted by atomic mass is 10.1. The van der Waals surface area contributed by atoms with Gasteiger partial charge in [-0.05, 0) is 62.1 Å². The zero-order valence-electron chi connectivity index (χ0n) is 12.5. The number of aryl methyl sites for hydroxylation is 4. The van der Waals surface area contributed by atoms with Gasteiger partial charge in [0.1, 0.15) is 0 Å². The molecule has 0 fully saturated rings. The molecule has 0 saturated heterocycles. The molecule has 0 aliphatic heterocycles. The van der Waals surface area contributed by atoms with Crippen molar-refractivity contribution in [3.05, 3.63) is 58.7 Å². The Morgan fingerprint density at radius 1 is 0.810 bits per heavy atom. The number of hydrogen-bond acceptors (Lipinski definition) is 4. The van der Waals surface area contributed by atoms with Crippen LogP contribution in [0.1, 0.15) is 22.3 Å². The molecule has 0 amide bonds. The van der Waals surface area contributed by atoms with E-state index >= 15 is 0 Å². The lowest BCUT2D eigenvalue weighted by Gasteiger charge is -2.33. The molecule has 0 heterocycles. The van der Waals surface area contributed by atoms with E-state index in [2.05, 4.69) is 0 Å². The first-order valence-corrected chi connectivity index (χ1v) is 9.17. The van der Waals surface area contributed by atoms with Gasteiger partial charge in [-0.15, -0.1) is 0 Å². The molecule has 5 heteroatoms. The lowest BCUT2D eigenvalue weighted by molar-refractivity contribution is -0.193. The fourth-order valence-electron chi connectivity index (χ4n) is 1.87. The minimum atomic E-state index is -3.65. The summed E-state index contributed by atoms with van der Waals surface area (Å²) in [7, 11) is -3.65. The van der Waals surface area contributed by atoms with E-state index in [0.717, 1.165) is 22.3 Å². The number of hydrogen-bond donors (Lipinski definition) is 0. The molecule has 0 bridgehead atoms. The molecule has 2 aromatic rings. The second kappa shape index (κ2) is 6.27. The van der Waals surface area contributed by atoms with Crippen LogP contribution in [0.2, 0.25) is 0 Å². The molecule has 0 spiro atoms. The molecule has 0 radical (unpaired) electrons. The predicted molar refractivity (Wildman–Crippen MR) is 87.4 cm³/mol. The van der Waals surface area contributed by atoms with Crippen molar-refractivity contribution in [3.63, 3.8) is 0 Å². The summed E-state index contributed by atoms with van der Waals surface area (Å²) in [6, 6.07) is 11.3. The van der Waals surface area contributed by atoms with Gasteiger partial charge in [0.2, 0.25) is 7.15 Å². The largest absolute Gasteiger partial charge is 0.634 e. The Hall–Kier alpha value is -1.22. The van der Waals surface area contributed by atoms with Crippen molar-refractivity contribution >= 4 is 19.4 Å². The molecule has 3 nitrogen and oxygen atoms in total. The van der Waals surface area contributed by atoms with Crippen LogP contribution in [0.25, 0.3) is 0 Å². The van der Waals surface area contributed by atoms with Crippen LogP contribution >= 0.6 is 7.15 Å². The van der Waals surface area contributed by atoms with E-state index in [1.165, 1.54) is 0 Å². The molecular formula is C16H18O3PS-. The van der Waals surface area contributed by atoms with Crippen molar-refractivity contribution in [2.75, 3.05) is 0 Å². The summed E-state index contributed by atoms with van der Waals surface area (Å²) in [5, 5.41) is 0. The van der Waals surface area contributed by atoms with Gasteiger partial charge in [-0.25, -0.2) is 0 Å². The molecule has 2 rings (SSSR count). The van der Waals surface area contributed by atoms with Gasteiger partial charge in [0, 0.05) is 0 Å². The van der Waals surface area contributed by atoms with E-state index in [9.17, 15) is 4.89 Å². The van der Waals surface area contributed by atoms with Gasteiger partial charge >= 0.3 is 0 Å². The number of benzene rings is 2. The third-order valence-corrected chi connectivity index (χ3v) is 4.40. The molecule has 0 unspecified atom stereocenters. The third-order valence-electron chi connectivity index (χ3n) is 3.11. The highest BCUT2D eigenvalue weighted by molar-refractivity contribution is 8.35. The standard InChI is InChI=1S/C16H19O3PS/c1-11-5-7-13(3)15(9-11)18-20(17,21)19-16-10-12(2)6-8-14(16)4/h5-10H,1-4H3,(H,17,21)/p-1. The Morgan fingerprint density at radius 3 is 1.57 bits per heavy atom. The second-order valence-corrected chi connectivity index (χ2v) is 7.77. The molecule has 112 valence electrons. The molecular weight excluding hydrogens is 303 g/mol. The van der Waals surface area contributed by atoms with Crippen LogP contribution in [0, 0.1) is 27.7 Å². The van der Waals surface area contributed by atoms with Gasteiger partial charge in [0.05, 0.1) is 0 Å². The van der Waals surface area contributed by atoms with E-state index in [0.29, 0.717) is 11.5 Å². The second-order valence-electron chi connectivity index (χ2n) is 5.17. The van der Waals surface area contributed by atoms with E-state index in [1.807, 2.05) is 52.0 Å². The van der Waals surface area contributed by atoms with Crippen molar-refractivity contribution in [3.8, 4) is 11.5 Å². The molecule has 0 aliphatic carbocycles. The van der Waals surface area contributed by atoms with Gasteiger partial charge in [0.15, 0.2) is 11.5 Å². The summed E-state index contributed by atoms with van der Waals surface area (Å²) < 4.78 is 10.9. The first kappa shape index (κ1) is 16.2. The van der Waals surface area contributed by atoms with Crippen LogP contribution in [0.4, 0.5) is 0 Å². The minimum absolute atomic E-state index is 0.499. The van der Waals surface area contributed by atoms with E-state index in [1.54, 1.807) is 12.1 Å². The fraction of sp³-hybridized carbons (Fsp3) is 0.250. The van der Waals surface area contributed by atoms with Crippen LogP contribution in [-0.4, -0.2) is 0 Å². The number of rotatable bonds is 4. The summed E-state index contributed by atoms with van der Waals surface area (Å²) in [6.07, 6.45) is 0. The molecule has 0 aliphatic rings. The van der Waals surface area contributed by atoms with Crippen LogP contribution < -0.4 is 13.9 Å². The summed E-state index contributed by atoms with van der Waals surface area (Å²) >= 11 is 5.02. The zero-order valence-corrected chi connectivity index (χ0v) is 14.3. The Kier molecular flexibility index (Phi) is 4.82. The van der Waals surface area contributed by atoms with Crippen LogP contribution in [0.5, 0.6) is 11.5 Å². The highest BCUT2D eigenvalue weighted by Gasteiger charge is 2.20. The SMILES string of the molecule is Cc1ccc(C)c(O[P+]([O-])([S-])Oc2cc(C)ccc2C)c1. The van der Waals surface area contributed by atoms with Crippen molar-refractivity contribution in [2.45, 2.75) is 27.7 Å². The molecule has 0 aromatic heterocycles. The van der Waals surface area contributed by atoms with Crippen LogP contribution in [-0.2, 0) is 12.2 Å². The smallest absolute Gasteiger partial charge is 0.212 e. The Morgan fingerprint density at radius 2 is 1.19 bits per heavy atom. The van der Waals surface area contributed by atoms with Crippen molar-refractivity contribution in [1.82, 2.24) is 0 Å². The average molecular weight is 321 g/mol. The van der Waals surface area contributed by atoms with Crippen LogP contribution in [0.15, 0.2) is 36.4 Å². The van der Waals surface area contributed by atoms with E-state index in [4.69, 9.17) is 21.3 Å². The summed E-state index contributed by atoms with van der Waals surface area (Å²) in [6.45, 7) is 7.63. The minimum Gasteiger partial charge on any atom is -0.634 e. The maximum absolute atomic E-state index is 12.5. The van der Waals surface area contributed by atoms with Crippen molar-refractivity contribution in [2.24, 2.45) is 0 Å². The van der Waals surface area contributed by atoms with Crippen LogP contribution in [0.3, 0.4) is 0 Å². The highest BCUT2D eigenvalue weighted by atomic mass is 32.7. The normalized spacial score (nSPS) is 11.3. The monoisotopic (exact) mass is 321 g/mol. The van der Waals surface area contributed by atoms with Gasteiger partial charge in [0.25, 0.3) is 0 Å². The highest BCUT2D eigenvalue weighted by Crippen LogP contribution is 2.51. The maximum atomic E-state index is 12.5. The summed E-state index contributed by atoms with van der Waals surface area (Å²) in [4.78, 5) is 12.5. The molecule has 0 saturated carbocycles. The lowest BCUT2D eigenvalue weighted by Crippen LogP contribution is -2.19. The Labute approximate surface area is 131 Å². The Balaban J connectivity index is 2.22. The molecule has 21 heavy (non-hydrogen) atoms. The molecule has 2 aromatic carbocycles. The van der Waals surface area contributed by atoms with Crippen molar-refractivity contribution < 1.29 is 13.9 Å². The summed E-state index contributed by atoms with van der Waals surface area (Å²) in [5.74, 6) is 0.997. The van der Waals surface area contributed by atoms with Crippen molar-refractivity contribution in [1.29, 1.82) is 0 Å². The molecule has 0 atom stereocenters. The maximum Gasteiger partial charge on any atom is 0.212 e. The third kappa shape index (κ3) is 4.37. The summed E-state index contributed by atoms with van der Waals surface area (Å²) in [5.41, 5.74) is 3.76. The molecule has 0 N–H and O–H groups in total. The first-order valence-electron chi connectivity index (χ1n) is 6.61. The first-order chi connectivity index (χ1) is 9.77. The van der Waals surface area contributed by atoms with Gasteiger partial charge in [-0.1, -0.05) is 24.3 Å². The topological polar surface area (TPSA) is 41.5 Å².